The molecule has 1 aromatic heterocycles. The Hall–Kier alpha value is -0.133. The molecule has 0 aromatic carbocycles. The standard InChI is InChI=1S/C15H24Br2N2O2Si/c1-15(2,3)22(4,5)21-10-11(6-7-20)19-12(9-18)8-13(16)14(19)17/h8,11,20H,6-7,10H2,1-5H3/t11-/m0/s1. The van der Waals surface area contributed by atoms with Crippen LogP contribution in [0.5, 0.6) is 0 Å². The van der Waals surface area contributed by atoms with E-state index in [-0.39, 0.29) is 17.7 Å². The van der Waals surface area contributed by atoms with Crippen molar-refractivity contribution in [2.24, 2.45) is 0 Å². The number of hydrogen-bond acceptors (Lipinski definition) is 3. The maximum Gasteiger partial charge on any atom is 0.192 e. The average Bonchev–Trinajstić information content (AvgIpc) is 2.69. The molecular formula is C15H24Br2N2O2Si. The summed E-state index contributed by atoms with van der Waals surface area (Å²) in [5.74, 6) is 0. The molecule has 0 bridgehead atoms. The van der Waals surface area contributed by atoms with Crippen molar-refractivity contribution in [2.75, 3.05) is 13.2 Å². The lowest BCUT2D eigenvalue weighted by Crippen LogP contribution is -2.42. The van der Waals surface area contributed by atoms with Gasteiger partial charge in [0.1, 0.15) is 16.4 Å². The van der Waals surface area contributed by atoms with Gasteiger partial charge in [0.15, 0.2) is 8.32 Å². The summed E-state index contributed by atoms with van der Waals surface area (Å²) in [5, 5.41) is 18.8. The van der Waals surface area contributed by atoms with Crippen molar-refractivity contribution in [2.45, 2.75) is 51.4 Å². The lowest BCUT2D eigenvalue weighted by atomic mass is 10.2. The second kappa shape index (κ2) is 7.62. The molecule has 0 saturated heterocycles. The lowest BCUT2D eigenvalue weighted by Gasteiger charge is -2.37. The Balaban J connectivity index is 3.04. The van der Waals surface area contributed by atoms with Gasteiger partial charge in [-0.3, -0.25) is 0 Å². The van der Waals surface area contributed by atoms with Gasteiger partial charge in [-0.2, -0.15) is 5.26 Å². The highest BCUT2D eigenvalue weighted by Crippen LogP contribution is 2.38. The van der Waals surface area contributed by atoms with Crippen LogP contribution in [0.1, 0.15) is 38.9 Å². The minimum Gasteiger partial charge on any atom is -0.415 e. The van der Waals surface area contributed by atoms with E-state index in [1.165, 1.54) is 0 Å². The monoisotopic (exact) mass is 450 g/mol. The third-order valence-corrected chi connectivity index (χ3v) is 10.8. The Morgan fingerprint density at radius 2 is 2.00 bits per heavy atom. The van der Waals surface area contributed by atoms with E-state index < -0.39 is 8.32 Å². The van der Waals surface area contributed by atoms with Gasteiger partial charge in [0.05, 0.1) is 17.1 Å². The lowest BCUT2D eigenvalue weighted by molar-refractivity contribution is 0.187. The molecule has 0 aliphatic carbocycles. The Morgan fingerprint density at radius 3 is 2.45 bits per heavy atom. The molecule has 0 fully saturated rings. The minimum atomic E-state index is -1.87. The van der Waals surface area contributed by atoms with E-state index >= 15 is 0 Å². The number of nitriles is 1. The molecule has 124 valence electrons. The van der Waals surface area contributed by atoms with Crippen LogP contribution in [0.25, 0.3) is 0 Å². The molecule has 0 aliphatic rings. The van der Waals surface area contributed by atoms with E-state index in [0.29, 0.717) is 18.7 Å². The summed E-state index contributed by atoms with van der Waals surface area (Å²) in [6.45, 7) is 11.5. The molecule has 1 aromatic rings. The van der Waals surface area contributed by atoms with Gasteiger partial charge in [-0.1, -0.05) is 20.8 Å². The van der Waals surface area contributed by atoms with E-state index in [4.69, 9.17) is 4.43 Å². The fraction of sp³-hybridized carbons (Fsp3) is 0.667. The summed E-state index contributed by atoms with van der Waals surface area (Å²) in [4.78, 5) is 0. The van der Waals surface area contributed by atoms with Crippen molar-refractivity contribution in [3.05, 3.63) is 20.8 Å². The van der Waals surface area contributed by atoms with E-state index in [2.05, 4.69) is 71.8 Å². The quantitative estimate of drug-likeness (QED) is 0.630. The van der Waals surface area contributed by atoms with Gasteiger partial charge in [-0.25, -0.2) is 0 Å². The summed E-state index contributed by atoms with van der Waals surface area (Å²) in [5.41, 5.74) is 0.552. The van der Waals surface area contributed by atoms with Crippen molar-refractivity contribution in [1.29, 1.82) is 5.26 Å². The van der Waals surface area contributed by atoms with E-state index in [0.717, 1.165) is 9.08 Å². The van der Waals surface area contributed by atoms with Crippen LogP contribution in [0.2, 0.25) is 18.1 Å². The molecule has 7 heteroatoms. The molecule has 0 aliphatic heterocycles. The number of hydrogen-bond donors (Lipinski definition) is 1. The van der Waals surface area contributed by atoms with Gasteiger partial charge in [0.25, 0.3) is 0 Å². The molecule has 0 unspecified atom stereocenters. The first-order valence-corrected chi connectivity index (χ1v) is 11.8. The van der Waals surface area contributed by atoms with Crippen LogP contribution < -0.4 is 0 Å². The third kappa shape index (κ3) is 4.45. The maximum absolute atomic E-state index is 9.38. The number of aliphatic hydroxyl groups is 1. The summed E-state index contributed by atoms with van der Waals surface area (Å²) < 4.78 is 9.82. The highest BCUT2D eigenvalue weighted by Gasteiger charge is 2.38. The second-order valence-corrected chi connectivity index (χ2v) is 13.3. The van der Waals surface area contributed by atoms with Crippen molar-refractivity contribution in [3.63, 3.8) is 0 Å². The topological polar surface area (TPSA) is 58.2 Å². The summed E-state index contributed by atoms with van der Waals surface area (Å²) >= 11 is 6.95. The Morgan fingerprint density at radius 1 is 1.41 bits per heavy atom. The molecule has 0 saturated carbocycles. The molecule has 4 nitrogen and oxygen atoms in total. The van der Waals surface area contributed by atoms with Crippen LogP contribution in [0.3, 0.4) is 0 Å². The van der Waals surface area contributed by atoms with Crippen LogP contribution in [0.15, 0.2) is 15.1 Å². The maximum atomic E-state index is 9.38. The molecule has 0 spiro atoms. The SMILES string of the molecule is CC(C)(C)[Si](C)(C)OC[C@H](CCO)n1c(C#N)cc(Br)c1Br. The molecular weight excluding hydrogens is 428 g/mol. The van der Waals surface area contributed by atoms with Crippen LogP contribution >= 0.6 is 31.9 Å². The number of halogens is 2. The van der Waals surface area contributed by atoms with Crippen molar-refractivity contribution < 1.29 is 9.53 Å². The zero-order valence-electron chi connectivity index (χ0n) is 13.8. The first kappa shape index (κ1) is 19.9. The van der Waals surface area contributed by atoms with E-state index in [9.17, 15) is 10.4 Å². The smallest absolute Gasteiger partial charge is 0.192 e. The highest BCUT2D eigenvalue weighted by atomic mass is 79.9. The first-order chi connectivity index (χ1) is 10.0. The summed E-state index contributed by atoms with van der Waals surface area (Å²) in [6, 6.07) is 3.90. The van der Waals surface area contributed by atoms with Crippen LogP contribution in [0.4, 0.5) is 0 Å². The number of aromatic nitrogens is 1. The molecule has 0 radical (unpaired) electrons. The van der Waals surface area contributed by atoms with Crippen molar-refractivity contribution >= 4 is 40.2 Å². The Labute approximate surface area is 150 Å². The predicted molar refractivity (Wildman–Crippen MR) is 98.4 cm³/mol. The normalized spacial score (nSPS) is 14.0. The molecule has 1 heterocycles. The number of rotatable bonds is 6. The molecule has 1 atom stereocenters. The van der Waals surface area contributed by atoms with Crippen molar-refractivity contribution in [1.82, 2.24) is 4.57 Å². The fourth-order valence-corrected chi connectivity index (χ4v) is 3.92. The van der Waals surface area contributed by atoms with Crippen LogP contribution in [-0.4, -0.2) is 31.2 Å². The molecule has 1 N–H and O–H groups in total. The summed E-state index contributed by atoms with van der Waals surface area (Å²) in [6.07, 6.45) is 0.545. The zero-order chi connectivity index (χ0) is 17.1. The van der Waals surface area contributed by atoms with Gasteiger partial charge in [-0.15, -0.1) is 0 Å². The van der Waals surface area contributed by atoms with E-state index in [1.807, 2.05) is 4.57 Å². The Kier molecular flexibility index (Phi) is 6.90. The minimum absolute atomic E-state index is 0.0542. The molecule has 0 amide bonds. The van der Waals surface area contributed by atoms with Gasteiger partial charge in [0.2, 0.25) is 0 Å². The van der Waals surface area contributed by atoms with Gasteiger partial charge in [-0.05, 0) is 62.5 Å². The fourth-order valence-electron chi connectivity index (χ4n) is 1.87. The zero-order valence-corrected chi connectivity index (χ0v) is 18.0. The third-order valence-electron chi connectivity index (χ3n) is 4.32. The summed E-state index contributed by atoms with van der Waals surface area (Å²) in [7, 11) is -1.87. The van der Waals surface area contributed by atoms with Gasteiger partial charge in [0, 0.05) is 6.61 Å². The van der Waals surface area contributed by atoms with Crippen LogP contribution in [-0.2, 0) is 4.43 Å². The van der Waals surface area contributed by atoms with Crippen molar-refractivity contribution in [3.8, 4) is 6.07 Å². The first-order valence-electron chi connectivity index (χ1n) is 7.26. The number of nitrogens with zero attached hydrogens (tertiary/aromatic N) is 2. The predicted octanol–water partition coefficient (Wildman–Crippen LogP) is 4.83. The van der Waals surface area contributed by atoms with Crippen LogP contribution in [0, 0.1) is 11.3 Å². The molecule has 22 heavy (non-hydrogen) atoms. The average molecular weight is 452 g/mol. The van der Waals surface area contributed by atoms with Gasteiger partial charge < -0.3 is 14.1 Å². The molecule has 1 rings (SSSR count). The largest absolute Gasteiger partial charge is 0.415 e. The van der Waals surface area contributed by atoms with E-state index in [1.54, 1.807) is 6.07 Å². The number of aliphatic hydroxyl groups excluding tert-OH is 1. The second-order valence-electron chi connectivity index (χ2n) is 6.89. The highest BCUT2D eigenvalue weighted by molar-refractivity contribution is 9.13. The van der Waals surface area contributed by atoms with Gasteiger partial charge >= 0.3 is 0 Å². The Bertz CT molecular complexity index is 559.